The van der Waals surface area contributed by atoms with Crippen LogP contribution in [0.5, 0.6) is 0 Å². The number of esters is 2. The van der Waals surface area contributed by atoms with Gasteiger partial charge in [-0.3, -0.25) is 9.59 Å². The molecule has 0 saturated carbocycles. The Kier molecular flexibility index (Phi) is 45.4. The molecule has 1 unspecified atom stereocenters. The van der Waals surface area contributed by atoms with Crippen molar-refractivity contribution in [3.05, 3.63) is 48.6 Å². The van der Waals surface area contributed by atoms with E-state index in [-0.39, 0.29) is 25.2 Å². The first kappa shape index (κ1) is 53.9. The van der Waals surface area contributed by atoms with Crippen LogP contribution in [-0.2, 0) is 23.8 Å². The van der Waals surface area contributed by atoms with E-state index in [1.807, 2.05) is 0 Å². The van der Waals surface area contributed by atoms with Crippen LogP contribution in [0, 0.1) is 0 Å². The van der Waals surface area contributed by atoms with Crippen molar-refractivity contribution in [2.45, 2.75) is 245 Å². The molecular weight excluding hydrogens is 693 g/mol. The topological polar surface area (TPSA) is 61.8 Å². The van der Waals surface area contributed by atoms with E-state index >= 15 is 0 Å². The van der Waals surface area contributed by atoms with Crippen molar-refractivity contribution in [2.24, 2.45) is 0 Å². The highest BCUT2D eigenvalue weighted by atomic mass is 16.6. The lowest BCUT2D eigenvalue weighted by atomic mass is 10.1. The van der Waals surface area contributed by atoms with E-state index in [0.29, 0.717) is 19.4 Å². The molecule has 0 spiro atoms. The molecule has 0 aliphatic heterocycles. The Morgan fingerprint density at radius 2 is 0.786 bits per heavy atom. The summed E-state index contributed by atoms with van der Waals surface area (Å²) in [6, 6.07) is 0. The summed E-state index contributed by atoms with van der Waals surface area (Å²) in [4.78, 5) is 25.3. The van der Waals surface area contributed by atoms with Crippen LogP contribution in [0.4, 0.5) is 0 Å². The predicted molar refractivity (Wildman–Crippen MR) is 242 cm³/mol. The Bertz CT molecular complexity index is 935. The molecule has 0 fully saturated rings. The lowest BCUT2D eigenvalue weighted by Crippen LogP contribution is -2.30. The third-order valence-corrected chi connectivity index (χ3v) is 10.3. The van der Waals surface area contributed by atoms with E-state index in [1.54, 1.807) is 0 Å². The van der Waals surface area contributed by atoms with E-state index < -0.39 is 6.10 Å². The number of carbonyl (C=O) groups is 2. The number of hydrogen-bond acceptors (Lipinski definition) is 5. The molecule has 0 radical (unpaired) electrons. The van der Waals surface area contributed by atoms with Crippen molar-refractivity contribution >= 4 is 11.9 Å². The summed E-state index contributed by atoms with van der Waals surface area (Å²) in [6.45, 7) is 7.71. The van der Waals surface area contributed by atoms with Gasteiger partial charge in [-0.15, -0.1) is 0 Å². The van der Waals surface area contributed by atoms with Crippen LogP contribution < -0.4 is 0 Å². The number of ether oxygens (including phenoxy) is 3. The molecule has 0 aromatic heterocycles. The van der Waals surface area contributed by atoms with Gasteiger partial charge in [0.2, 0.25) is 0 Å². The molecule has 326 valence electrons. The van der Waals surface area contributed by atoms with E-state index in [2.05, 4.69) is 69.4 Å². The van der Waals surface area contributed by atoms with Crippen LogP contribution in [0.1, 0.15) is 239 Å². The van der Waals surface area contributed by atoms with Crippen LogP contribution in [0.3, 0.4) is 0 Å². The molecule has 0 N–H and O–H groups in total. The number of rotatable bonds is 44. The van der Waals surface area contributed by atoms with Crippen LogP contribution in [0.25, 0.3) is 0 Å². The first-order valence-corrected chi connectivity index (χ1v) is 24.2. The van der Waals surface area contributed by atoms with E-state index in [0.717, 1.165) is 70.6 Å². The summed E-state index contributed by atoms with van der Waals surface area (Å²) >= 11 is 0. The molecule has 0 rings (SSSR count). The quantitative estimate of drug-likeness (QED) is 0.0350. The molecule has 0 aliphatic rings. The van der Waals surface area contributed by atoms with Crippen molar-refractivity contribution < 1.29 is 23.8 Å². The van der Waals surface area contributed by atoms with Gasteiger partial charge in [0.25, 0.3) is 0 Å². The van der Waals surface area contributed by atoms with Gasteiger partial charge >= 0.3 is 11.9 Å². The molecule has 5 heteroatoms. The second-order valence-corrected chi connectivity index (χ2v) is 16.0. The number of allylic oxidation sites excluding steroid dienone is 8. The normalized spacial score (nSPS) is 12.6. The van der Waals surface area contributed by atoms with Gasteiger partial charge in [-0.1, -0.05) is 179 Å². The highest BCUT2D eigenvalue weighted by Gasteiger charge is 2.17. The monoisotopic (exact) mass is 785 g/mol. The Hall–Kier alpha value is -2.14. The van der Waals surface area contributed by atoms with Gasteiger partial charge in [0.1, 0.15) is 6.61 Å². The zero-order chi connectivity index (χ0) is 40.7. The smallest absolute Gasteiger partial charge is 0.306 e. The van der Waals surface area contributed by atoms with Gasteiger partial charge < -0.3 is 14.2 Å². The molecule has 0 aromatic carbocycles. The minimum Gasteiger partial charge on any atom is -0.462 e. The van der Waals surface area contributed by atoms with E-state index in [9.17, 15) is 9.59 Å². The van der Waals surface area contributed by atoms with E-state index in [1.165, 1.54) is 135 Å². The fraction of sp³-hybridized carbons (Fsp3) is 0.804. The lowest BCUT2D eigenvalue weighted by molar-refractivity contribution is -0.163. The van der Waals surface area contributed by atoms with Crippen molar-refractivity contribution in [2.75, 3.05) is 19.8 Å². The summed E-state index contributed by atoms with van der Waals surface area (Å²) in [5.41, 5.74) is 0. The van der Waals surface area contributed by atoms with Crippen LogP contribution in [0.15, 0.2) is 48.6 Å². The molecule has 0 saturated heterocycles. The Morgan fingerprint density at radius 1 is 0.393 bits per heavy atom. The second kappa shape index (κ2) is 47.2. The summed E-state index contributed by atoms with van der Waals surface area (Å²) in [5.74, 6) is -0.419. The first-order chi connectivity index (χ1) is 27.6. The summed E-state index contributed by atoms with van der Waals surface area (Å²) < 4.78 is 17.3. The van der Waals surface area contributed by atoms with Crippen molar-refractivity contribution in [1.29, 1.82) is 0 Å². The van der Waals surface area contributed by atoms with Crippen molar-refractivity contribution in [3.63, 3.8) is 0 Å². The van der Waals surface area contributed by atoms with Crippen LogP contribution >= 0.6 is 0 Å². The number of unbranched alkanes of at least 4 members (excludes halogenated alkanes) is 25. The fourth-order valence-electron chi connectivity index (χ4n) is 6.65. The van der Waals surface area contributed by atoms with Crippen molar-refractivity contribution in [3.8, 4) is 0 Å². The number of hydrogen-bond donors (Lipinski definition) is 0. The van der Waals surface area contributed by atoms with Crippen LogP contribution in [-0.4, -0.2) is 37.9 Å². The van der Waals surface area contributed by atoms with Gasteiger partial charge in [0.15, 0.2) is 6.10 Å². The predicted octanol–water partition coefficient (Wildman–Crippen LogP) is 16.0. The fourth-order valence-corrected chi connectivity index (χ4v) is 6.65. The first-order valence-electron chi connectivity index (χ1n) is 24.2. The van der Waals surface area contributed by atoms with Gasteiger partial charge in [-0.05, 0) is 96.3 Å². The van der Waals surface area contributed by atoms with E-state index in [4.69, 9.17) is 14.2 Å². The SMILES string of the molecule is CCC/C=C\C/C=C\CCCCCCCCOCC(COC(=O)CCCCCCC/C=C\CCCCCC)OC(=O)CCCCCCC/C=C\CCCCCC. The average molecular weight is 785 g/mol. The van der Waals surface area contributed by atoms with Gasteiger partial charge in [-0.25, -0.2) is 0 Å². The van der Waals surface area contributed by atoms with Crippen LogP contribution in [0.2, 0.25) is 0 Å². The Morgan fingerprint density at radius 3 is 1.27 bits per heavy atom. The maximum absolute atomic E-state index is 12.7. The maximum atomic E-state index is 12.7. The second-order valence-electron chi connectivity index (χ2n) is 16.0. The zero-order valence-corrected chi connectivity index (χ0v) is 37.4. The number of carbonyl (C=O) groups excluding carboxylic acids is 2. The third-order valence-electron chi connectivity index (χ3n) is 10.3. The summed E-state index contributed by atoms with van der Waals surface area (Å²) in [7, 11) is 0. The highest BCUT2D eigenvalue weighted by molar-refractivity contribution is 5.70. The molecule has 5 nitrogen and oxygen atoms in total. The van der Waals surface area contributed by atoms with Gasteiger partial charge in [0.05, 0.1) is 6.61 Å². The minimum atomic E-state index is -0.546. The highest BCUT2D eigenvalue weighted by Crippen LogP contribution is 2.13. The standard InChI is InChI=1S/C51H92O5/c1-4-7-10-13-16-19-22-25-28-31-34-37-40-43-46-54-47-49(56-51(53)45-42-39-36-33-30-27-24-21-18-15-12-9-6-3)48-55-50(52)44-41-38-35-32-29-26-23-20-17-14-11-8-5-2/h10,13,19-24,49H,4-9,11-12,14-18,25-48H2,1-3H3/b13-10-,22-19-,23-20-,24-21-. The molecule has 0 aliphatic carbocycles. The summed E-state index contributed by atoms with van der Waals surface area (Å²) in [5, 5.41) is 0. The molecule has 1 atom stereocenters. The lowest BCUT2D eigenvalue weighted by Gasteiger charge is -2.18. The molecule has 0 aromatic rings. The minimum absolute atomic E-state index is 0.0744. The molecule has 0 amide bonds. The molecule has 0 heterocycles. The Balaban J connectivity index is 4.30. The third kappa shape index (κ3) is 44.6. The average Bonchev–Trinajstić information content (AvgIpc) is 3.20. The van der Waals surface area contributed by atoms with Gasteiger partial charge in [-0.2, -0.15) is 0 Å². The molecular formula is C51H92O5. The van der Waals surface area contributed by atoms with Crippen molar-refractivity contribution in [1.82, 2.24) is 0 Å². The summed E-state index contributed by atoms with van der Waals surface area (Å²) in [6.07, 6.45) is 56.8. The molecule has 0 bridgehead atoms. The Labute approximate surface area is 348 Å². The van der Waals surface area contributed by atoms with Gasteiger partial charge in [0, 0.05) is 19.4 Å². The molecule has 56 heavy (non-hydrogen) atoms. The largest absolute Gasteiger partial charge is 0.462 e. The zero-order valence-electron chi connectivity index (χ0n) is 37.4. The maximum Gasteiger partial charge on any atom is 0.306 e.